The van der Waals surface area contributed by atoms with Gasteiger partial charge in [-0.25, -0.2) is 0 Å². The largest absolute Gasteiger partial charge is 0.388 e. The molecule has 2 nitrogen and oxygen atoms in total. The molecule has 1 atom stereocenters. The molecular weight excluding hydrogens is 210 g/mol. The minimum atomic E-state index is -0.706. The van der Waals surface area contributed by atoms with Gasteiger partial charge in [-0.2, -0.15) is 0 Å². The quantitative estimate of drug-likeness (QED) is 0.771. The van der Waals surface area contributed by atoms with Crippen LogP contribution in [0.15, 0.2) is 24.3 Å². The molecule has 17 heavy (non-hydrogen) atoms. The van der Waals surface area contributed by atoms with Crippen LogP contribution in [0.2, 0.25) is 0 Å². The maximum Gasteiger partial charge on any atom is 0.0839 e. The van der Waals surface area contributed by atoms with Gasteiger partial charge in [-0.15, -0.1) is 0 Å². The van der Waals surface area contributed by atoms with Gasteiger partial charge in [0.25, 0.3) is 0 Å². The number of benzene rings is 1. The van der Waals surface area contributed by atoms with Gasteiger partial charge in [-0.3, -0.25) is 0 Å². The molecule has 0 aliphatic heterocycles. The minimum Gasteiger partial charge on any atom is -0.388 e. The molecule has 2 heteroatoms. The van der Waals surface area contributed by atoms with E-state index in [0.717, 1.165) is 31.2 Å². The molecule has 1 fully saturated rings. The molecule has 0 unspecified atom stereocenters. The maximum atomic E-state index is 10.8. The van der Waals surface area contributed by atoms with E-state index in [4.69, 9.17) is 5.73 Å². The number of hydrogen-bond donors (Lipinski definition) is 2. The molecule has 1 aliphatic carbocycles. The van der Waals surface area contributed by atoms with E-state index in [1.54, 1.807) is 0 Å². The van der Waals surface area contributed by atoms with E-state index >= 15 is 0 Å². The van der Waals surface area contributed by atoms with Crippen molar-refractivity contribution in [3.8, 4) is 0 Å². The zero-order valence-corrected chi connectivity index (χ0v) is 10.7. The highest BCUT2D eigenvalue weighted by molar-refractivity contribution is 5.30. The summed E-state index contributed by atoms with van der Waals surface area (Å²) in [6, 6.07) is 7.88. The van der Waals surface area contributed by atoms with Gasteiger partial charge < -0.3 is 10.8 Å². The first-order valence-corrected chi connectivity index (χ1v) is 6.67. The van der Waals surface area contributed by atoms with Crippen LogP contribution in [-0.4, -0.2) is 10.7 Å². The molecule has 0 aromatic heterocycles. The van der Waals surface area contributed by atoms with Gasteiger partial charge in [-0.05, 0) is 30.9 Å². The van der Waals surface area contributed by atoms with Crippen molar-refractivity contribution in [3.05, 3.63) is 35.4 Å². The molecule has 3 N–H and O–H groups in total. The maximum absolute atomic E-state index is 10.8. The molecular formula is C15H23NO. The summed E-state index contributed by atoms with van der Waals surface area (Å²) in [5.41, 5.74) is 7.89. The SMILES string of the molecule is Cc1ccccc1[C@@H](N)C1(O)CCCCCC1. The summed E-state index contributed by atoms with van der Waals surface area (Å²) in [5, 5.41) is 10.8. The van der Waals surface area contributed by atoms with Gasteiger partial charge in [0.05, 0.1) is 11.6 Å². The Morgan fingerprint density at radius 2 is 1.71 bits per heavy atom. The average molecular weight is 233 g/mol. The van der Waals surface area contributed by atoms with Crippen molar-refractivity contribution in [3.63, 3.8) is 0 Å². The summed E-state index contributed by atoms with van der Waals surface area (Å²) in [4.78, 5) is 0. The molecule has 0 spiro atoms. The molecule has 2 rings (SSSR count). The third-order valence-electron chi connectivity index (χ3n) is 4.07. The van der Waals surface area contributed by atoms with E-state index < -0.39 is 5.60 Å². The second kappa shape index (κ2) is 5.19. The highest BCUT2D eigenvalue weighted by Gasteiger charge is 2.35. The Labute approximate surface area is 104 Å². The molecule has 0 heterocycles. The third-order valence-corrected chi connectivity index (χ3v) is 4.07. The first kappa shape index (κ1) is 12.6. The zero-order valence-electron chi connectivity index (χ0n) is 10.7. The van der Waals surface area contributed by atoms with Gasteiger partial charge in [0.2, 0.25) is 0 Å². The number of aryl methyl sites for hydroxylation is 1. The van der Waals surface area contributed by atoms with Crippen LogP contribution in [0.5, 0.6) is 0 Å². The highest BCUT2D eigenvalue weighted by Crippen LogP contribution is 2.36. The minimum absolute atomic E-state index is 0.248. The van der Waals surface area contributed by atoms with Crippen LogP contribution in [0.25, 0.3) is 0 Å². The van der Waals surface area contributed by atoms with Crippen LogP contribution in [0.4, 0.5) is 0 Å². The van der Waals surface area contributed by atoms with Crippen LogP contribution >= 0.6 is 0 Å². The lowest BCUT2D eigenvalue weighted by atomic mass is 9.82. The molecule has 94 valence electrons. The fourth-order valence-corrected chi connectivity index (χ4v) is 2.88. The first-order chi connectivity index (χ1) is 8.13. The molecule has 1 aromatic rings. The third kappa shape index (κ3) is 2.70. The van der Waals surface area contributed by atoms with Crippen LogP contribution < -0.4 is 5.73 Å². The van der Waals surface area contributed by atoms with Crippen molar-refractivity contribution >= 4 is 0 Å². The van der Waals surface area contributed by atoms with Crippen molar-refractivity contribution < 1.29 is 5.11 Å². The summed E-state index contributed by atoms with van der Waals surface area (Å²) in [6.07, 6.45) is 6.31. The Hall–Kier alpha value is -0.860. The molecule has 1 aliphatic rings. The van der Waals surface area contributed by atoms with Gasteiger partial charge in [0, 0.05) is 0 Å². The molecule has 1 aromatic carbocycles. The molecule has 0 bridgehead atoms. The summed E-state index contributed by atoms with van der Waals surface area (Å²) >= 11 is 0. The van der Waals surface area contributed by atoms with E-state index in [2.05, 4.69) is 13.0 Å². The van der Waals surface area contributed by atoms with Crippen LogP contribution in [0, 0.1) is 6.92 Å². The number of nitrogens with two attached hydrogens (primary N) is 1. The van der Waals surface area contributed by atoms with Gasteiger partial charge >= 0.3 is 0 Å². The Morgan fingerprint density at radius 1 is 1.12 bits per heavy atom. The van der Waals surface area contributed by atoms with Gasteiger partial charge in [0.1, 0.15) is 0 Å². The predicted octanol–water partition coefficient (Wildman–Crippen LogP) is 3.08. The Bertz CT molecular complexity index is 367. The lowest BCUT2D eigenvalue weighted by Crippen LogP contribution is -2.41. The monoisotopic (exact) mass is 233 g/mol. The zero-order chi connectivity index (χ0) is 12.3. The molecule has 0 saturated heterocycles. The van der Waals surface area contributed by atoms with Crippen molar-refractivity contribution in [1.82, 2.24) is 0 Å². The Morgan fingerprint density at radius 3 is 2.29 bits per heavy atom. The lowest BCUT2D eigenvalue weighted by molar-refractivity contribution is -0.00140. The van der Waals surface area contributed by atoms with E-state index in [1.807, 2.05) is 18.2 Å². The topological polar surface area (TPSA) is 46.2 Å². The first-order valence-electron chi connectivity index (χ1n) is 6.67. The van der Waals surface area contributed by atoms with Crippen LogP contribution in [-0.2, 0) is 0 Å². The van der Waals surface area contributed by atoms with Crippen molar-refractivity contribution in [1.29, 1.82) is 0 Å². The smallest absolute Gasteiger partial charge is 0.0839 e. The standard InChI is InChI=1S/C15H23NO/c1-12-8-4-5-9-13(12)14(16)15(17)10-6-2-3-7-11-15/h4-5,8-9,14,17H,2-3,6-7,10-11,16H2,1H3/t14-/m1/s1. The fraction of sp³-hybridized carbons (Fsp3) is 0.600. The average Bonchev–Trinajstić information content (AvgIpc) is 2.55. The number of aliphatic hydroxyl groups is 1. The van der Waals surface area contributed by atoms with Crippen molar-refractivity contribution in [2.24, 2.45) is 5.73 Å². The summed E-state index contributed by atoms with van der Waals surface area (Å²) in [7, 11) is 0. The van der Waals surface area contributed by atoms with Gasteiger partial charge in [0.15, 0.2) is 0 Å². The van der Waals surface area contributed by atoms with Crippen molar-refractivity contribution in [2.75, 3.05) is 0 Å². The summed E-state index contributed by atoms with van der Waals surface area (Å²) in [6.45, 7) is 2.06. The molecule has 0 amide bonds. The molecule has 1 saturated carbocycles. The lowest BCUT2D eigenvalue weighted by Gasteiger charge is -2.34. The number of hydrogen-bond acceptors (Lipinski definition) is 2. The highest BCUT2D eigenvalue weighted by atomic mass is 16.3. The Balaban J connectivity index is 2.23. The van der Waals surface area contributed by atoms with E-state index in [1.165, 1.54) is 18.4 Å². The predicted molar refractivity (Wildman–Crippen MR) is 70.8 cm³/mol. The van der Waals surface area contributed by atoms with Crippen LogP contribution in [0.3, 0.4) is 0 Å². The van der Waals surface area contributed by atoms with Crippen LogP contribution in [0.1, 0.15) is 55.7 Å². The normalized spacial score (nSPS) is 21.8. The Kier molecular flexibility index (Phi) is 3.85. The second-order valence-corrected chi connectivity index (χ2v) is 5.35. The molecule has 0 radical (unpaired) electrons. The van der Waals surface area contributed by atoms with E-state index in [0.29, 0.717) is 0 Å². The van der Waals surface area contributed by atoms with Gasteiger partial charge in [-0.1, -0.05) is 49.9 Å². The number of rotatable bonds is 2. The second-order valence-electron chi connectivity index (χ2n) is 5.35. The van der Waals surface area contributed by atoms with Crippen molar-refractivity contribution in [2.45, 2.75) is 57.1 Å². The fourth-order valence-electron chi connectivity index (χ4n) is 2.88. The van der Waals surface area contributed by atoms with E-state index in [9.17, 15) is 5.11 Å². The van der Waals surface area contributed by atoms with E-state index in [-0.39, 0.29) is 6.04 Å². The summed E-state index contributed by atoms with van der Waals surface area (Å²) in [5.74, 6) is 0. The summed E-state index contributed by atoms with van der Waals surface area (Å²) < 4.78 is 0.